The minimum absolute atomic E-state index is 0.206. The fourth-order valence-electron chi connectivity index (χ4n) is 2.54. The topological polar surface area (TPSA) is 29.1 Å². The Morgan fingerprint density at radius 1 is 1.31 bits per heavy atom. The van der Waals surface area contributed by atoms with E-state index >= 15 is 0 Å². The van der Waals surface area contributed by atoms with Crippen molar-refractivity contribution in [2.75, 3.05) is 5.33 Å². The maximum Gasteiger partial charge on any atom is 0.223 e. The van der Waals surface area contributed by atoms with Crippen molar-refractivity contribution < 1.29 is 4.79 Å². The molecule has 1 rings (SSSR count). The summed E-state index contributed by atoms with van der Waals surface area (Å²) in [6.07, 6.45) is 6.88. The van der Waals surface area contributed by atoms with Crippen molar-refractivity contribution in [2.24, 2.45) is 11.8 Å². The Morgan fingerprint density at radius 2 is 1.94 bits per heavy atom. The number of alkyl halides is 1. The van der Waals surface area contributed by atoms with Gasteiger partial charge in [0.1, 0.15) is 0 Å². The van der Waals surface area contributed by atoms with Crippen molar-refractivity contribution in [3.8, 4) is 0 Å². The molecule has 3 heteroatoms. The molecule has 1 N–H and O–H groups in total. The van der Waals surface area contributed by atoms with E-state index in [9.17, 15) is 4.79 Å². The SMILES string of the molecule is CCC(CC)C(=O)NC1CCCCC1CBr. The number of nitrogens with one attached hydrogen (secondary N) is 1. The molecule has 1 aliphatic carbocycles. The van der Waals surface area contributed by atoms with Gasteiger partial charge < -0.3 is 5.32 Å². The van der Waals surface area contributed by atoms with Crippen LogP contribution < -0.4 is 5.32 Å². The average molecular weight is 290 g/mol. The van der Waals surface area contributed by atoms with Crippen LogP contribution in [0, 0.1) is 11.8 Å². The molecule has 94 valence electrons. The maximum atomic E-state index is 12.0. The highest BCUT2D eigenvalue weighted by Crippen LogP contribution is 2.26. The number of halogens is 1. The van der Waals surface area contributed by atoms with E-state index in [-0.39, 0.29) is 11.8 Å². The molecule has 0 saturated heterocycles. The highest BCUT2D eigenvalue weighted by molar-refractivity contribution is 9.09. The Morgan fingerprint density at radius 3 is 2.50 bits per heavy atom. The van der Waals surface area contributed by atoms with Gasteiger partial charge in [-0.2, -0.15) is 0 Å². The van der Waals surface area contributed by atoms with Crippen LogP contribution in [-0.2, 0) is 4.79 Å². The van der Waals surface area contributed by atoms with Gasteiger partial charge >= 0.3 is 0 Å². The van der Waals surface area contributed by atoms with E-state index < -0.39 is 0 Å². The zero-order chi connectivity index (χ0) is 12.0. The summed E-state index contributed by atoms with van der Waals surface area (Å²) in [7, 11) is 0. The van der Waals surface area contributed by atoms with Crippen LogP contribution in [-0.4, -0.2) is 17.3 Å². The van der Waals surface area contributed by atoms with E-state index in [4.69, 9.17) is 0 Å². The maximum absolute atomic E-state index is 12.0. The van der Waals surface area contributed by atoms with Gasteiger partial charge in [-0.25, -0.2) is 0 Å². The number of amides is 1. The molecule has 0 heterocycles. The Hall–Kier alpha value is -0.0500. The lowest BCUT2D eigenvalue weighted by Crippen LogP contribution is -2.45. The standard InChI is InChI=1S/C13H24BrNO/c1-3-10(4-2)13(16)15-12-8-6-5-7-11(12)9-14/h10-12H,3-9H2,1-2H3,(H,15,16). The van der Waals surface area contributed by atoms with Crippen LogP contribution in [0.25, 0.3) is 0 Å². The zero-order valence-electron chi connectivity index (χ0n) is 10.5. The molecule has 1 fully saturated rings. The normalized spacial score (nSPS) is 25.8. The van der Waals surface area contributed by atoms with Crippen LogP contribution in [0.3, 0.4) is 0 Å². The van der Waals surface area contributed by atoms with E-state index in [1.54, 1.807) is 0 Å². The summed E-state index contributed by atoms with van der Waals surface area (Å²) in [5.41, 5.74) is 0. The van der Waals surface area contributed by atoms with Crippen molar-refractivity contribution in [3.63, 3.8) is 0 Å². The molecule has 0 spiro atoms. The van der Waals surface area contributed by atoms with Gasteiger partial charge in [0.05, 0.1) is 0 Å². The van der Waals surface area contributed by atoms with Gasteiger partial charge in [0.25, 0.3) is 0 Å². The molecule has 0 aromatic rings. The molecule has 0 aliphatic heterocycles. The van der Waals surface area contributed by atoms with E-state index in [0.717, 1.165) is 24.6 Å². The molecule has 0 radical (unpaired) electrons. The van der Waals surface area contributed by atoms with Crippen molar-refractivity contribution in [1.29, 1.82) is 0 Å². The first-order valence-electron chi connectivity index (χ1n) is 6.59. The van der Waals surface area contributed by atoms with E-state index in [2.05, 4.69) is 35.1 Å². The third-order valence-electron chi connectivity index (χ3n) is 3.79. The third-order valence-corrected chi connectivity index (χ3v) is 4.62. The van der Waals surface area contributed by atoms with Gasteiger partial charge in [-0.05, 0) is 31.6 Å². The predicted octanol–water partition coefficient (Wildman–Crippen LogP) is 3.49. The minimum atomic E-state index is 0.206. The van der Waals surface area contributed by atoms with Crippen molar-refractivity contribution in [2.45, 2.75) is 58.4 Å². The molecule has 2 nitrogen and oxygen atoms in total. The number of rotatable bonds is 5. The molecule has 1 saturated carbocycles. The van der Waals surface area contributed by atoms with Crippen LogP contribution in [0.4, 0.5) is 0 Å². The van der Waals surface area contributed by atoms with Crippen LogP contribution in [0.15, 0.2) is 0 Å². The molecule has 0 bridgehead atoms. The summed E-state index contributed by atoms with van der Waals surface area (Å²) < 4.78 is 0. The average Bonchev–Trinajstić information content (AvgIpc) is 2.31. The largest absolute Gasteiger partial charge is 0.353 e. The molecule has 1 amide bonds. The van der Waals surface area contributed by atoms with E-state index in [0.29, 0.717) is 12.0 Å². The first kappa shape index (κ1) is 14.0. The Bertz CT molecular complexity index is 216. The number of carbonyl (C=O) groups excluding carboxylic acids is 1. The molecular formula is C13H24BrNO. The van der Waals surface area contributed by atoms with Gasteiger partial charge in [0.2, 0.25) is 5.91 Å². The van der Waals surface area contributed by atoms with Gasteiger partial charge in [0, 0.05) is 17.3 Å². The van der Waals surface area contributed by atoms with Crippen LogP contribution in [0.5, 0.6) is 0 Å². The highest BCUT2D eigenvalue weighted by Gasteiger charge is 2.27. The van der Waals surface area contributed by atoms with E-state index in [1.165, 1.54) is 19.3 Å². The van der Waals surface area contributed by atoms with Gasteiger partial charge in [-0.3, -0.25) is 4.79 Å². The molecule has 2 atom stereocenters. The third kappa shape index (κ3) is 3.76. The predicted molar refractivity (Wildman–Crippen MR) is 71.8 cm³/mol. The smallest absolute Gasteiger partial charge is 0.223 e. The lowest BCUT2D eigenvalue weighted by atomic mass is 9.85. The van der Waals surface area contributed by atoms with Gasteiger partial charge in [0.15, 0.2) is 0 Å². The number of carbonyl (C=O) groups is 1. The van der Waals surface area contributed by atoms with Gasteiger partial charge in [-0.1, -0.05) is 42.6 Å². The summed E-state index contributed by atoms with van der Waals surface area (Å²) >= 11 is 3.56. The molecule has 2 unspecified atom stereocenters. The molecule has 1 aliphatic rings. The van der Waals surface area contributed by atoms with Gasteiger partial charge in [-0.15, -0.1) is 0 Å². The van der Waals surface area contributed by atoms with Crippen LogP contribution in [0.2, 0.25) is 0 Å². The molecular weight excluding hydrogens is 266 g/mol. The fraction of sp³-hybridized carbons (Fsp3) is 0.923. The second kappa shape index (κ2) is 7.31. The summed E-state index contributed by atoms with van der Waals surface area (Å²) in [5, 5.41) is 4.27. The second-order valence-electron chi connectivity index (χ2n) is 4.83. The highest BCUT2D eigenvalue weighted by atomic mass is 79.9. The quantitative estimate of drug-likeness (QED) is 0.772. The molecule has 16 heavy (non-hydrogen) atoms. The fourth-order valence-corrected chi connectivity index (χ4v) is 3.32. The minimum Gasteiger partial charge on any atom is -0.353 e. The summed E-state index contributed by atoms with van der Waals surface area (Å²) in [6, 6.07) is 0.404. The first-order valence-corrected chi connectivity index (χ1v) is 7.71. The number of hydrogen-bond acceptors (Lipinski definition) is 1. The summed E-state index contributed by atoms with van der Waals surface area (Å²) in [5.74, 6) is 1.10. The molecule has 0 aromatic heterocycles. The first-order chi connectivity index (χ1) is 7.72. The monoisotopic (exact) mass is 289 g/mol. The van der Waals surface area contributed by atoms with Crippen molar-refractivity contribution in [3.05, 3.63) is 0 Å². The lowest BCUT2D eigenvalue weighted by Gasteiger charge is -2.32. The van der Waals surface area contributed by atoms with Crippen LogP contribution >= 0.6 is 15.9 Å². The van der Waals surface area contributed by atoms with E-state index in [1.807, 2.05) is 0 Å². The Labute approximate surface area is 108 Å². The summed E-state index contributed by atoms with van der Waals surface area (Å²) in [6.45, 7) is 4.19. The molecule has 0 aromatic carbocycles. The second-order valence-corrected chi connectivity index (χ2v) is 5.47. The van der Waals surface area contributed by atoms with Crippen molar-refractivity contribution in [1.82, 2.24) is 5.32 Å². The van der Waals surface area contributed by atoms with Crippen molar-refractivity contribution >= 4 is 21.8 Å². The number of hydrogen-bond donors (Lipinski definition) is 1. The lowest BCUT2D eigenvalue weighted by molar-refractivity contribution is -0.126. The zero-order valence-corrected chi connectivity index (χ0v) is 12.1. The Balaban J connectivity index is 2.47. The Kier molecular flexibility index (Phi) is 6.40. The summed E-state index contributed by atoms with van der Waals surface area (Å²) in [4.78, 5) is 12.0. The van der Waals surface area contributed by atoms with Crippen LogP contribution in [0.1, 0.15) is 52.4 Å².